The number of nitrogens with one attached hydrogen (secondary N) is 1. The highest BCUT2D eigenvalue weighted by atomic mass is 79.9. The number of sulfonamides is 1. The summed E-state index contributed by atoms with van der Waals surface area (Å²) in [5.74, 6) is -0.612. The van der Waals surface area contributed by atoms with Gasteiger partial charge in [0.25, 0.3) is 15.7 Å². The van der Waals surface area contributed by atoms with E-state index in [-0.39, 0.29) is 20.7 Å². The zero-order chi connectivity index (χ0) is 15.6. The number of hydrogen-bond acceptors (Lipinski definition) is 4. The Labute approximate surface area is 127 Å². The average molecular weight is 375 g/mol. The van der Waals surface area contributed by atoms with Gasteiger partial charge in [-0.1, -0.05) is 0 Å². The highest BCUT2D eigenvalue weighted by molar-refractivity contribution is 9.10. The summed E-state index contributed by atoms with van der Waals surface area (Å²) in [6, 6.07) is 8.14. The van der Waals surface area contributed by atoms with Crippen molar-refractivity contribution in [2.75, 3.05) is 4.72 Å². The second kappa shape index (κ2) is 5.78. The Morgan fingerprint density at radius 3 is 2.29 bits per heavy atom. The normalized spacial score (nSPS) is 11.1. The smallest absolute Gasteiger partial charge is 0.269 e. The summed E-state index contributed by atoms with van der Waals surface area (Å²) in [6.45, 7) is 0. The van der Waals surface area contributed by atoms with E-state index in [0.29, 0.717) is 0 Å². The van der Waals surface area contributed by atoms with Crippen LogP contribution in [-0.2, 0) is 10.0 Å². The van der Waals surface area contributed by atoms with Crippen LogP contribution in [0.2, 0.25) is 0 Å². The van der Waals surface area contributed by atoms with Crippen LogP contribution in [0.1, 0.15) is 0 Å². The Bertz CT molecular complexity index is 793. The fraction of sp³-hybridized carbons (Fsp3) is 0. The number of rotatable bonds is 4. The van der Waals surface area contributed by atoms with Crippen molar-refractivity contribution in [2.24, 2.45) is 0 Å². The minimum absolute atomic E-state index is 0.0500. The third-order valence-electron chi connectivity index (χ3n) is 2.53. The molecule has 2 rings (SSSR count). The zero-order valence-electron chi connectivity index (χ0n) is 10.3. The van der Waals surface area contributed by atoms with Crippen LogP contribution < -0.4 is 4.72 Å². The van der Waals surface area contributed by atoms with E-state index < -0.39 is 20.8 Å². The molecule has 110 valence electrons. The predicted octanol–water partition coefficient (Wildman–Crippen LogP) is 3.30. The summed E-state index contributed by atoms with van der Waals surface area (Å²) >= 11 is 2.96. The average Bonchev–Trinajstić information content (AvgIpc) is 2.43. The molecule has 0 spiro atoms. The molecule has 0 bridgehead atoms. The second-order valence-corrected chi connectivity index (χ2v) is 6.52. The molecule has 21 heavy (non-hydrogen) atoms. The Morgan fingerprint density at radius 1 is 1.14 bits per heavy atom. The lowest BCUT2D eigenvalue weighted by molar-refractivity contribution is -0.384. The number of nitro benzene ring substituents is 1. The molecule has 0 radical (unpaired) electrons. The van der Waals surface area contributed by atoms with Crippen LogP contribution in [0.5, 0.6) is 0 Å². The number of halogens is 2. The van der Waals surface area contributed by atoms with Gasteiger partial charge in [0.2, 0.25) is 0 Å². The van der Waals surface area contributed by atoms with Gasteiger partial charge >= 0.3 is 0 Å². The van der Waals surface area contributed by atoms with Gasteiger partial charge < -0.3 is 0 Å². The fourth-order valence-corrected chi connectivity index (χ4v) is 2.82. The molecule has 2 aromatic carbocycles. The Balaban J connectivity index is 2.29. The zero-order valence-corrected chi connectivity index (χ0v) is 12.7. The third kappa shape index (κ3) is 3.56. The van der Waals surface area contributed by atoms with Crippen LogP contribution in [0.4, 0.5) is 15.8 Å². The van der Waals surface area contributed by atoms with Crippen molar-refractivity contribution in [3.05, 3.63) is 62.9 Å². The van der Waals surface area contributed by atoms with Gasteiger partial charge in [0.15, 0.2) is 0 Å². The van der Waals surface area contributed by atoms with E-state index in [1.54, 1.807) is 0 Å². The summed E-state index contributed by atoms with van der Waals surface area (Å²) in [5.41, 5.74) is -0.169. The SMILES string of the molecule is O=[N+]([O-])c1ccc(S(=O)(=O)Nc2ccc(Br)c(F)c2)cc1. The molecule has 0 saturated heterocycles. The molecule has 1 N–H and O–H groups in total. The minimum atomic E-state index is -3.94. The maximum Gasteiger partial charge on any atom is 0.269 e. The summed E-state index contributed by atoms with van der Waals surface area (Å²) in [7, 11) is -3.94. The van der Waals surface area contributed by atoms with Crippen molar-refractivity contribution in [1.82, 2.24) is 0 Å². The lowest BCUT2D eigenvalue weighted by Crippen LogP contribution is -2.13. The van der Waals surface area contributed by atoms with Gasteiger partial charge in [-0.15, -0.1) is 0 Å². The van der Waals surface area contributed by atoms with Crippen molar-refractivity contribution >= 4 is 37.3 Å². The minimum Gasteiger partial charge on any atom is -0.280 e. The summed E-state index contributed by atoms with van der Waals surface area (Å²) in [5, 5.41) is 10.5. The molecule has 0 unspecified atom stereocenters. The first-order valence-corrected chi connectivity index (χ1v) is 7.79. The van der Waals surface area contributed by atoms with Gasteiger partial charge in [-0.2, -0.15) is 0 Å². The molecule has 0 amide bonds. The van der Waals surface area contributed by atoms with Crippen molar-refractivity contribution < 1.29 is 17.7 Å². The fourth-order valence-electron chi connectivity index (χ4n) is 1.52. The highest BCUT2D eigenvalue weighted by Crippen LogP contribution is 2.22. The lowest BCUT2D eigenvalue weighted by atomic mass is 10.3. The van der Waals surface area contributed by atoms with E-state index in [9.17, 15) is 22.9 Å². The summed E-state index contributed by atoms with van der Waals surface area (Å²) < 4.78 is 39.9. The first-order chi connectivity index (χ1) is 9.79. The quantitative estimate of drug-likeness (QED) is 0.656. The predicted molar refractivity (Wildman–Crippen MR) is 78.0 cm³/mol. The van der Waals surface area contributed by atoms with Crippen LogP contribution in [0, 0.1) is 15.9 Å². The first kappa shape index (κ1) is 15.4. The molecule has 0 aliphatic heterocycles. The molecule has 0 saturated carbocycles. The lowest BCUT2D eigenvalue weighted by Gasteiger charge is -2.08. The number of nitrogens with zero attached hydrogens (tertiary/aromatic N) is 1. The van der Waals surface area contributed by atoms with Gasteiger partial charge in [0.1, 0.15) is 5.82 Å². The molecule has 0 heterocycles. The Hall–Kier alpha value is -2.00. The summed E-state index contributed by atoms with van der Waals surface area (Å²) in [4.78, 5) is 9.73. The van der Waals surface area contributed by atoms with E-state index in [1.807, 2.05) is 0 Å². The first-order valence-electron chi connectivity index (χ1n) is 5.52. The number of anilines is 1. The Kier molecular flexibility index (Phi) is 4.24. The van der Waals surface area contributed by atoms with Crippen molar-refractivity contribution in [3.63, 3.8) is 0 Å². The van der Waals surface area contributed by atoms with Crippen LogP contribution in [0.15, 0.2) is 51.8 Å². The second-order valence-electron chi connectivity index (χ2n) is 3.99. The molecule has 0 aliphatic rings. The third-order valence-corrected chi connectivity index (χ3v) is 4.57. The van der Waals surface area contributed by atoms with E-state index in [1.165, 1.54) is 12.1 Å². The van der Waals surface area contributed by atoms with Crippen LogP contribution in [0.25, 0.3) is 0 Å². The highest BCUT2D eigenvalue weighted by Gasteiger charge is 2.16. The number of hydrogen-bond donors (Lipinski definition) is 1. The molecule has 0 aliphatic carbocycles. The molecular weight excluding hydrogens is 367 g/mol. The standard InChI is InChI=1S/C12H8BrFN2O4S/c13-11-6-1-8(7-12(11)14)15-21(19,20)10-4-2-9(3-5-10)16(17)18/h1-7,15H. The van der Waals surface area contributed by atoms with Crippen LogP contribution >= 0.6 is 15.9 Å². The summed E-state index contributed by atoms with van der Waals surface area (Å²) in [6.07, 6.45) is 0. The number of benzene rings is 2. The van der Waals surface area contributed by atoms with E-state index in [0.717, 1.165) is 30.3 Å². The molecule has 9 heteroatoms. The maximum absolute atomic E-state index is 13.3. The van der Waals surface area contributed by atoms with Gasteiger partial charge in [-0.3, -0.25) is 14.8 Å². The molecule has 0 aromatic heterocycles. The maximum atomic E-state index is 13.3. The van der Waals surface area contributed by atoms with Gasteiger partial charge in [0, 0.05) is 12.1 Å². The Morgan fingerprint density at radius 2 is 1.76 bits per heavy atom. The van der Waals surface area contributed by atoms with Gasteiger partial charge in [-0.25, -0.2) is 12.8 Å². The van der Waals surface area contributed by atoms with Crippen molar-refractivity contribution in [1.29, 1.82) is 0 Å². The van der Waals surface area contributed by atoms with Crippen molar-refractivity contribution in [3.8, 4) is 0 Å². The van der Waals surface area contributed by atoms with E-state index in [2.05, 4.69) is 20.7 Å². The monoisotopic (exact) mass is 374 g/mol. The van der Waals surface area contributed by atoms with Gasteiger partial charge in [-0.05, 0) is 46.3 Å². The molecule has 0 fully saturated rings. The molecule has 2 aromatic rings. The van der Waals surface area contributed by atoms with Crippen LogP contribution in [0.3, 0.4) is 0 Å². The topological polar surface area (TPSA) is 89.3 Å². The number of nitro groups is 1. The molecule has 0 atom stereocenters. The van der Waals surface area contributed by atoms with Gasteiger partial charge in [0.05, 0.1) is 20.0 Å². The van der Waals surface area contributed by atoms with Crippen molar-refractivity contribution in [2.45, 2.75) is 4.90 Å². The van der Waals surface area contributed by atoms with E-state index in [4.69, 9.17) is 0 Å². The molecule has 6 nitrogen and oxygen atoms in total. The largest absolute Gasteiger partial charge is 0.280 e. The van der Waals surface area contributed by atoms with E-state index >= 15 is 0 Å². The van der Waals surface area contributed by atoms with Crippen LogP contribution in [-0.4, -0.2) is 13.3 Å². The number of non-ortho nitro benzene ring substituents is 1. The molecular formula is C12H8BrFN2O4S.